The minimum atomic E-state index is -0.242. The van der Waals surface area contributed by atoms with Crippen molar-refractivity contribution in [3.8, 4) is 17.1 Å². The van der Waals surface area contributed by atoms with Crippen molar-refractivity contribution < 1.29 is 4.79 Å². The molecule has 3 aromatic carbocycles. The topological polar surface area (TPSA) is 72.2 Å². The summed E-state index contributed by atoms with van der Waals surface area (Å²) in [5, 5.41) is 13.9. The number of hydrogen-bond acceptors (Lipinski definition) is 5. The third kappa shape index (κ3) is 5.64. The van der Waals surface area contributed by atoms with Gasteiger partial charge < -0.3 is 0 Å². The van der Waals surface area contributed by atoms with Gasteiger partial charge in [0, 0.05) is 20.7 Å². The molecule has 0 saturated carbocycles. The van der Waals surface area contributed by atoms with Crippen molar-refractivity contribution in [3.63, 3.8) is 0 Å². The zero-order valence-electron chi connectivity index (χ0n) is 16.7. The average molecular weight is 527 g/mol. The Morgan fingerprint density at radius 3 is 2.59 bits per heavy atom. The molecule has 0 aliphatic heterocycles. The number of halogens is 2. The average Bonchev–Trinajstić information content (AvgIpc) is 3.23. The highest BCUT2D eigenvalue weighted by Crippen LogP contribution is 2.28. The van der Waals surface area contributed by atoms with Gasteiger partial charge in [-0.25, -0.2) is 5.43 Å². The smallest absolute Gasteiger partial charge is 0.250 e. The first-order valence-electron chi connectivity index (χ1n) is 9.57. The van der Waals surface area contributed by atoms with E-state index in [0.29, 0.717) is 16.0 Å². The summed E-state index contributed by atoms with van der Waals surface area (Å²) in [6.07, 6.45) is 1.59. The lowest BCUT2D eigenvalue weighted by Gasteiger charge is -2.10. The van der Waals surface area contributed by atoms with Crippen LogP contribution in [0.3, 0.4) is 0 Å². The maximum Gasteiger partial charge on any atom is 0.250 e. The molecule has 32 heavy (non-hydrogen) atoms. The van der Waals surface area contributed by atoms with Crippen LogP contribution >= 0.6 is 39.3 Å². The first-order chi connectivity index (χ1) is 15.6. The summed E-state index contributed by atoms with van der Waals surface area (Å²) >= 11 is 10.7. The molecule has 1 N–H and O–H groups in total. The molecule has 4 rings (SSSR count). The molecule has 0 spiro atoms. The van der Waals surface area contributed by atoms with Gasteiger partial charge in [0.25, 0.3) is 5.91 Å². The summed E-state index contributed by atoms with van der Waals surface area (Å²) < 4.78 is 2.85. The van der Waals surface area contributed by atoms with Crippen LogP contribution < -0.4 is 5.43 Å². The van der Waals surface area contributed by atoms with E-state index in [-0.39, 0.29) is 11.7 Å². The predicted molar refractivity (Wildman–Crippen MR) is 132 cm³/mol. The number of aromatic nitrogens is 3. The maximum absolute atomic E-state index is 12.3. The van der Waals surface area contributed by atoms with Crippen LogP contribution in [-0.2, 0) is 4.79 Å². The molecule has 160 valence electrons. The van der Waals surface area contributed by atoms with Crippen molar-refractivity contribution in [1.82, 2.24) is 20.2 Å². The maximum atomic E-state index is 12.3. The van der Waals surface area contributed by atoms with E-state index in [4.69, 9.17) is 11.6 Å². The van der Waals surface area contributed by atoms with Gasteiger partial charge in [-0.05, 0) is 42.0 Å². The van der Waals surface area contributed by atoms with E-state index >= 15 is 0 Å². The van der Waals surface area contributed by atoms with Gasteiger partial charge in [0.05, 0.1) is 12.0 Å². The molecule has 0 unspecified atom stereocenters. The van der Waals surface area contributed by atoms with Gasteiger partial charge in [-0.1, -0.05) is 81.8 Å². The van der Waals surface area contributed by atoms with E-state index in [2.05, 4.69) is 36.7 Å². The minimum Gasteiger partial charge on any atom is -0.272 e. The fraction of sp³-hybridized carbons (Fsp3) is 0.0435. The van der Waals surface area contributed by atoms with E-state index < -0.39 is 0 Å². The first-order valence-corrected chi connectivity index (χ1v) is 11.7. The van der Waals surface area contributed by atoms with Crippen molar-refractivity contribution in [1.29, 1.82) is 0 Å². The van der Waals surface area contributed by atoms with Gasteiger partial charge in [-0.15, -0.1) is 10.2 Å². The number of thioether (sulfide) groups is 1. The standard InChI is InChI=1S/C23H17BrClN5OS/c24-18-8-4-5-16(13-18)14-26-27-21(31)15-32-23-29-28-22(17-6-2-1-3-7-17)30(23)20-11-9-19(25)10-12-20/h1-14H,15H2,(H,27,31)/b26-14-. The minimum absolute atomic E-state index is 0.135. The Kier molecular flexibility index (Phi) is 7.36. The zero-order valence-corrected chi connectivity index (χ0v) is 19.8. The second kappa shape index (κ2) is 10.6. The quantitative estimate of drug-likeness (QED) is 0.193. The highest BCUT2D eigenvalue weighted by atomic mass is 79.9. The highest BCUT2D eigenvalue weighted by Gasteiger charge is 2.17. The van der Waals surface area contributed by atoms with Gasteiger partial charge in [0.2, 0.25) is 0 Å². The van der Waals surface area contributed by atoms with E-state index in [9.17, 15) is 4.79 Å². The van der Waals surface area contributed by atoms with Crippen LogP contribution in [0, 0.1) is 0 Å². The fourth-order valence-corrected chi connectivity index (χ4v) is 4.18. The van der Waals surface area contributed by atoms with Crippen molar-refractivity contribution in [2.75, 3.05) is 5.75 Å². The summed E-state index contributed by atoms with van der Waals surface area (Å²) in [5.41, 5.74) is 5.20. The van der Waals surface area contributed by atoms with Crippen molar-refractivity contribution >= 4 is 51.4 Å². The number of nitrogens with one attached hydrogen (secondary N) is 1. The largest absolute Gasteiger partial charge is 0.272 e. The van der Waals surface area contributed by atoms with Crippen LogP contribution in [0.4, 0.5) is 0 Å². The van der Waals surface area contributed by atoms with Crippen LogP contribution in [0.15, 0.2) is 93.6 Å². The molecule has 0 fully saturated rings. The number of rotatable bonds is 7. The van der Waals surface area contributed by atoms with E-state index in [1.807, 2.05) is 83.4 Å². The van der Waals surface area contributed by atoms with Gasteiger partial charge in [-0.2, -0.15) is 5.10 Å². The third-order valence-corrected chi connectivity index (χ3v) is 6.01. The number of amides is 1. The summed E-state index contributed by atoms with van der Waals surface area (Å²) in [4.78, 5) is 12.3. The van der Waals surface area contributed by atoms with Crippen LogP contribution in [0.5, 0.6) is 0 Å². The van der Waals surface area contributed by atoms with E-state index in [0.717, 1.165) is 21.3 Å². The number of hydrogen-bond donors (Lipinski definition) is 1. The monoisotopic (exact) mass is 525 g/mol. The zero-order chi connectivity index (χ0) is 22.3. The molecular formula is C23H17BrClN5OS. The first kappa shape index (κ1) is 22.3. The van der Waals surface area contributed by atoms with Gasteiger partial charge in [-0.3, -0.25) is 9.36 Å². The lowest BCUT2D eigenvalue weighted by atomic mass is 10.2. The van der Waals surface area contributed by atoms with E-state index in [1.54, 1.807) is 6.21 Å². The second-order valence-electron chi connectivity index (χ2n) is 6.62. The molecule has 0 atom stereocenters. The van der Waals surface area contributed by atoms with Crippen LogP contribution in [0.25, 0.3) is 17.1 Å². The van der Waals surface area contributed by atoms with Gasteiger partial charge in [0.1, 0.15) is 0 Å². The van der Waals surface area contributed by atoms with Gasteiger partial charge in [0.15, 0.2) is 11.0 Å². The number of carbonyl (C=O) groups excluding carboxylic acids is 1. The Balaban J connectivity index is 1.50. The molecule has 0 aliphatic carbocycles. The molecule has 0 radical (unpaired) electrons. The molecule has 1 aromatic heterocycles. The van der Waals surface area contributed by atoms with E-state index in [1.165, 1.54) is 11.8 Å². The molecule has 6 nitrogen and oxygen atoms in total. The lowest BCUT2D eigenvalue weighted by molar-refractivity contribution is -0.118. The molecule has 0 saturated heterocycles. The van der Waals surface area contributed by atoms with Crippen LogP contribution in [0.1, 0.15) is 5.56 Å². The summed E-state index contributed by atoms with van der Waals surface area (Å²) in [7, 11) is 0. The Morgan fingerprint density at radius 1 is 1.06 bits per heavy atom. The lowest BCUT2D eigenvalue weighted by Crippen LogP contribution is -2.20. The molecular weight excluding hydrogens is 510 g/mol. The predicted octanol–water partition coefficient (Wildman–Crippen LogP) is 5.59. The Labute approximate surface area is 202 Å². The van der Waals surface area contributed by atoms with Crippen molar-refractivity contribution in [2.24, 2.45) is 5.10 Å². The second-order valence-corrected chi connectivity index (χ2v) is 8.92. The number of hydrazone groups is 1. The van der Waals surface area contributed by atoms with Crippen LogP contribution in [0.2, 0.25) is 5.02 Å². The molecule has 4 aromatic rings. The Morgan fingerprint density at radius 2 is 1.84 bits per heavy atom. The Bertz CT molecular complexity index is 1240. The molecule has 1 heterocycles. The number of benzene rings is 3. The SMILES string of the molecule is O=C(CSc1nnc(-c2ccccc2)n1-c1ccc(Cl)cc1)N/N=C\c1cccc(Br)c1. The Hall–Kier alpha value is -2.94. The number of nitrogens with zero attached hydrogens (tertiary/aromatic N) is 4. The van der Waals surface area contributed by atoms with Gasteiger partial charge >= 0.3 is 0 Å². The van der Waals surface area contributed by atoms with Crippen LogP contribution in [-0.4, -0.2) is 32.6 Å². The molecule has 9 heteroatoms. The summed E-state index contributed by atoms with van der Waals surface area (Å²) in [6.45, 7) is 0. The van der Waals surface area contributed by atoms with Crippen molar-refractivity contribution in [2.45, 2.75) is 5.16 Å². The third-order valence-electron chi connectivity index (χ3n) is 4.33. The normalized spacial score (nSPS) is 11.1. The van der Waals surface area contributed by atoms with Crippen molar-refractivity contribution in [3.05, 3.63) is 93.9 Å². The summed E-state index contributed by atoms with van der Waals surface area (Å²) in [5.74, 6) is 0.577. The molecule has 0 bridgehead atoms. The number of carbonyl (C=O) groups is 1. The highest BCUT2D eigenvalue weighted by molar-refractivity contribution is 9.10. The molecule has 1 amide bonds. The summed E-state index contributed by atoms with van der Waals surface area (Å²) in [6, 6.07) is 24.8. The fourth-order valence-electron chi connectivity index (χ4n) is 2.89. The molecule has 0 aliphatic rings.